The van der Waals surface area contributed by atoms with E-state index < -0.39 is 0 Å². The maximum Gasteiger partial charge on any atom is 0.131 e. The number of fused-ring (bicyclic) bond motifs is 2. The molecule has 0 aliphatic carbocycles. The van der Waals surface area contributed by atoms with E-state index in [1.807, 2.05) is 55.6 Å². The third-order valence-electron chi connectivity index (χ3n) is 5.85. The molecule has 0 radical (unpaired) electrons. The molecule has 0 fully saturated rings. The highest BCUT2D eigenvalue weighted by Crippen LogP contribution is 2.35. The number of nitrogens with one attached hydrogen (secondary N) is 2. The van der Waals surface area contributed by atoms with E-state index in [0.717, 1.165) is 55.6 Å². The van der Waals surface area contributed by atoms with Crippen molar-refractivity contribution in [1.29, 1.82) is 0 Å². The highest BCUT2D eigenvalue weighted by atomic mass is 19.1. The van der Waals surface area contributed by atoms with Gasteiger partial charge < -0.3 is 4.98 Å². The first-order chi connectivity index (χ1) is 15.7. The lowest BCUT2D eigenvalue weighted by Gasteiger charge is -2.04. The summed E-state index contributed by atoms with van der Waals surface area (Å²) in [6.45, 7) is 2.04. The monoisotopic (exact) mass is 419 g/mol. The minimum absolute atomic E-state index is 0.240. The summed E-state index contributed by atoms with van der Waals surface area (Å²) in [5, 5.41) is 9.52. The summed E-state index contributed by atoms with van der Waals surface area (Å²) < 4.78 is 14.5. The van der Waals surface area contributed by atoms with E-state index in [1.54, 1.807) is 24.5 Å². The van der Waals surface area contributed by atoms with E-state index in [1.165, 1.54) is 6.07 Å². The molecule has 0 saturated heterocycles. The van der Waals surface area contributed by atoms with Gasteiger partial charge in [-0.05, 0) is 48.4 Å². The van der Waals surface area contributed by atoms with Crippen molar-refractivity contribution in [2.45, 2.75) is 6.92 Å². The number of nitrogens with zero attached hydrogens (tertiary/aromatic N) is 3. The second-order valence-electron chi connectivity index (χ2n) is 7.81. The van der Waals surface area contributed by atoms with Crippen molar-refractivity contribution in [2.75, 3.05) is 0 Å². The summed E-state index contributed by atoms with van der Waals surface area (Å²) in [6, 6.07) is 18.7. The summed E-state index contributed by atoms with van der Waals surface area (Å²) in [4.78, 5) is 12.3. The van der Waals surface area contributed by atoms with Crippen LogP contribution in [0.3, 0.4) is 0 Å². The summed E-state index contributed by atoms with van der Waals surface area (Å²) in [6.07, 6.45) is 5.40. The van der Waals surface area contributed by atoms with E-state index in [2.05, 4.69) is 25.1 Å². The molecule has 2 N–H and O–H groups in total. The number of rotatable bonds is 3. The molecule has 5 nitrogen and oxygen atoms in total. The van der Waals surface area contributed by atoms with E-state index in [4.69, 9.17) is 0 Å². The van der Waals surface area contributed by atoms with Crippen molar-refractivity contribution in [1.82, 2.24) is 25.1 Å². The zero-order valence-corrected chi connectivity index (χ0v) is 17.2. The Kier molecular flexibility index (Phi) is 4.11. The Morgan fingerprint density at radius 3 is 2.56 bits per heavy atom. The van der Waals surface area contributed by atoms with Crippen LogP contribution in [0.25, 0.3) is 55.6 Å². The second kappa shape index (κ2) is 7.13. The van der Waals surface area contributed by atoms with Gasteiger partial charge in [-0.25, -0.2) is 4.39 Å². The van der Waals surface area contributed by atoms with Crippen LogP contribution < -0.4 is 0 Å². The lowest BCUT2D eigenvalue weighted by atomic mass is 10.0. The van der Waals surface area contributed by atoms with Crippen LogP contribution >= 0.6 is 0 Å². The molecule has 154 valence electrons. The molecular formula is C26H18FN5. The van der Waals surface area contributed by atoms with Crippen LogP contribution in [0.15, 0.2) is 79.3 Å². The van der Waals surface area contributed by atoms with Crippen molar-refractivity contribution in [3.8, 4) is 33.8 Å². The van der Waals surface area contributed by atoms with Gasteiger partial charge in [0.15, 0.2) is 0 Å². The maximum atomic E-state index is 14.5. The van der Waals surface area contributed by atoms with Crippen molar-refractivity contribution < 1.29 is 4.39 Å². The van der Waals surface area contributed by atoms with Gasteiger partial charge in [0.2, 0.25) is 0 Å². The number of aryl methyl sites for hydroxylation is 1. The van der Waals surface area contributed by atoms with Gasteiger partial charge in [-0.2, -0.15) is 5.10 Å². The standard InChI is InChI=1S/C26H18FN5/c1-15-9-10-28-13-20(15)23-12-19-25(14-29-23)31-32-26(19)24-11-18-16(6-4-8-22(18)30-24)17-5-2-3-7-21(17)27/h2-14,30H,1H3,(H,31,32). The van der Waals surface area contributed by atoms with Gasteiger partial charge >= 0.3 is 0 Å². The lowest BCUT2D eigenvalue weighted by molar-refractivity contribution is 0.631. The van der Waals surface area contributed by atoms with E-state index in [0.29, 0.717) is 5.56 Å². The predicted octanol–water partition coefficient (Wildman–Crippen LogP) is 6.28. The number of aromatic amines is 2. The Balaban J connectivity index is 1.53. The van der Waals surface area contributed by atoms with Crippen LogP contribution in [0.2, 0.25) is 0 Å². The molecule has 0 unspecified atom stereocenters. The molecule has 0 aliphatic heterocycles. The third-order valence-corrected chi connectivity index (χ3v) is 5.85. The SMILES string of the molecule is Cc1ccncc1-c1cc2c(-c3cc4c(-c5ccccc5F)cccc4[nH]3)n[nH]c2cn1. The van der Waals surface area contributed by atoms with E-state index >= 15 is 0 Å². The Bertz CT molecular complexity index is 1610. The van der Waals surface area contributed by atoms with Gasteiger partial charge in [0, 0.05) is 39.8 Å². The van der Waals surface area contributed by atoms with Crippen LogP contribution in [0, 0.1) is 12.7 Å². The summed E-state index contributed by atoms with van der Waals surface area (Å²) in [7, 11) is 0. The number of benzene rings is 2. The molecule has 6 rings (SSSR count). The second-order valence-corrected chi connectivity index (χ2v) is 7.81. The fourth-order valence-electron chi connectivity index (χ4n) is 4.20. The quantitative estimate of drug-likeness (QED) is 0.354. The van der Waals surface area contributed by atoms with Gasteiger partial charge in [-0.3, -0.25) is 15.1 Å². The first-order valence-corrected chi connectivity index (χ1v) is 10.3. The molecule has 0 bridgehead atoms. The van der Waals surface area contributed by atoms with Crippen molar-refractivity contribution in [3.63, 3.8) is 0 Å². The van der Waals surface area contributed by atoms with Crippen molar-refractivity contribution in [2.24, 2.45) is 0 Å². The first-order valence-electron chi connectivity index (χ1n) is 10.3. The zero-order chi connectivity index (χ0) is 21.7. The summed E-state index contributed by atoms with van der Waals surface area (Å²) in [5.74, 6) is -0.240. The zero-order valence-electron chi connectivity index (χ0n) is 17.2. The minimum atomic E-state index is -0.240. The Morgan fingerprint density at radius 1 is 0.812 bits per heavy atom. The number of halogens is 1. The number of aromatic nitrogens is 5. The minimum Gasteiger partial charge on any atom is -0.353 e. The number of pyridine rings is 2. The molecular weight excluding hydrogens is 401 g/mol. The van der Waals surface area contributed by atoms with Gasteiger partial charge in [0.25, 0.3) is 0 Å². The molecule has 4 heterocycles. The fourth-order valence-corrected chi connectivity index (χ4v) is 4.20. The van der Waals surface area contributed by atoms with Gasteiger partial charge in [0.05, 0.1) is 23.1 Å². The summed E-state index contributed by atoms with van der Waals surface area (Å²) >= 11 is 0. The topological polar surface area (TPSA) is 70.2 Å². The van der Waals surface area contributed by atoms with E-state index in [-0.39, 0.29) is 5.82 Å². The van der Waals surface area contributed by atoms with Crippen molar-refractivity contribution >= 4 is 21.8 Å². The first kappa shape index (κ1) is 18.4. The predicted molar refractivity (Wildman–Crippen MR) is 125 cm³/mol. The van der Waals surface area contributed by atoms with Crippen LogP contribution in [0.5, 0.6) is 0 Å². The molecule has 0 amide bonds. The van der Waals surface area contributed by atoms with Crippen LogP contribution in [-0.2, 0) is 0 Å². The molecule has 2 aromatic carbocycles. The number of hydrogen-bond donors (Lipinski definition) is 2. The molecule has 0 atom stereocenters. The fraction of sp³-hybridized carbons (Fsp3) is 0.0385. The molecule has 6 aromatic rings. The van der Waals surface area contributed by atoms with E-state index in [9.17, 15) is 4.39 Å². The summed E-state index contributed by atoms with van der Waals surface area (Å²) in [5.41, 5.74) is 7.78. The largest absolute Gasteiger partial charge is 0.353 e. The van der Waals surface area contributed by atoms with Crippen LogP contribution in [-0.4, -0.2) is 25.1 Å². The Hall–Kier alpha value is -4.32. The highest BCUT2D eigenvalue weighted by Gasteiger charge is 2.16. The molecule has 0 aliphatic rings. The van der Waals surface area contributed by atoms with Gasteiger partial charge in [-0.1, -0.05) is 30.3 Å². The van der Waals surface area contributed by atoms with Crippen LogP contribution in [0.1, 0.15) is 5.56 Å². The molecule has 32 heavy (non-hydrogen) atoms. The molecule has 6 heteroatoms. The highest BCUT2D eigenvalue weighted by molar-refractivity contribution is 6.01. The molecule has 0 spiro atoms. The average Bonchev–Trinajstić information content (AvgIpc) is 3.43. The molecule has 0 saturated carbocycles. The smallest absolute Gasteiger partial charge is 0.131 e. The Morgan fingerprint density at radius 2 is 1.69 bits per heavy atom. The lowest BCUT2D eigenvalue weighted by Crippen LogP contribution is -1.88. The third kappa shape index (κ3) is 2.88. The Labute approximate surface area is 183 Å². The van der Waals surface area contributed by atoms with Gasteiger partial charge in [-0.15, -0.1) is 0 Å². The number of H-pyrrole nitrogens is 2. The molecule has 4 aromatic heterocycles. The van der Waals surface area contributed by atoms with Gasteiger partial charge in [0.1, 0.15) is 11.5 Å². The number of hydrogen-bond acceptors (Lipinski definition) is 3. The maximum absolute atomic E-state index is 14.5. The normalized spacial score (nSPS) is 11.4. The van der Waals surface area contributed by atoms with Crippen LogP contribution in [0.4, 0.5) is 4.39 Å². The van der Waals surface area contributed by atoms with Crippen molar-refractivity contribution in [3.05, 3.63) is 90.6 Å². The average molecular weight is 419 g/mol.